The molecule has 40 valence electrons. The molecular weight excluding hydrogens is 175 g/mol. The van der Waals surface area contributed by atoms with Crippen LogP contribution in [0.2, 0.25) is 0 Å². The molecule has 7 heavy (non-hydrogen) atoms. The van der Waals surface area contributed by atoms with Crippen molar-refractivity contribution in [3.05, 3.63) is 32.0 Å². The Morgan fingerprint density at radius 1 is 1.00 bits per heavy atom. The molecule has 0 amide bonds. The Labute approximate surface area is 56.9 Å². The molecule has 0 spiro atoms. The molecule has 0 atom stereocenters. The van der Waals surface area contributed by atoms with Crippen molar-refractivity contribution in [3.63, 3.8) is 0 Å². The molecule has 0 aliphatic carbocycles. The van der Waals surface area contributed by atoms with E-state index in [4.69, 9.17) is 0 Å². The van der Waals surface area contributed by atoms with Gasteiger partial charge in [0, 0.05) is 0 Å². The number of hydrogen-bond acceptors (Lipinski definition) is 0. The summed E-state index contributed by atoms with van der Waals surface area (Å²) >= 11 is 0. The quantitative estimate of drug-likeness (QED) is 0.432. The Hall–Kier alpha value is -0.0966. The topological polar surface area (TPSA) is 14.1 Å². The summed E-state index contributed by atoms with van der Waals surface area (Å²) in [6.45, 7) is 0. The summed E-state index contributed by atoms with van der Waals surface area (Å²) in [4.78, 5) is 3.72. The van der Waals surface area contributed by atoms with Gasteiger partial charge < -0.3 is 12.4 Å². The molecule has 1 nitrogen and oxygen atoms in total. The molecule has 0 saturated carbocycles. The van der Waals surface area contributed by atoms with Gasteiger partial charge in [-0.2, -0.15) is 12.4 Å². The molecular formula is C5H7NRu. The van der Waals surface area contributed by atoms with Crippen LogP contribution in [-0.2, 0) is 19.5 Å². The molecule has 0 aliphatic heterocycles. The molecule has 0 radical (unpaired) electrons. The van der Waals surface area contributed by atoms with Crippen molar-refractivity contribution in [1.29, 1.82) is 0 Å². The van der Waals surface area contributed by atoms with Gasteiger partial charge in [0.1, 0.15) is 0 Å². The molecule has 0 N–H and O–H groups in total. The third-order valence-electron chi connectivity index (χ3n) is 0.455. The number of aromatic nitrogens is 1. The Bertz CT molecular complexity index is 64.6. The molecule has 0 bridgehead atoms. The fourth-order valence-electron chi connectivity index (χ4n) is 0.248. The molecule has 0 saturated heterocycles. The first kappa shape index (κ1) is 10.0. The van der Waals surface area contributed by atoms with Gasteiger partial charge in [-0.15, -0.1) is 0 Å². The van der Waals surface area contributed by atoms with E-state index in [0.29, 0.717) is 0 Å². The molecule has 0 unspecified atom stereocenters. The standard InChI is InChI=1S/C4H4N.CH3.Ru/c1-2-4-5-3-1;;/h1-4H;1H3;/q2*-1;+2. The van der Waals surface area contributed by atoms with E-state index >= 15 is 0 Å². The van der Waals surface area contributed by atoms with Gasteiger partial charge in [-0.05, 0) is 0 Å². The molecule has 1 aromatic heterocycles. The second kappa shape index (κ2) is 5.90. The van der Waals surface area contributed by atoms with Crippen LogP contribution in [0.3, 0.4) is 0 Å². The van der Waals surface area contributed by atoms with E-state index in [9.17, 15) is 0 Å². The van der Waals surface area contributed by atoms with E-state index in [-0.39, 0.29) is 26.9 Å². The Balaban J connectivity index is 0. The van der Waals surface area contributed by atoms with Crippen molar-refractivity contribution >= 4 is 0 Å². The summed E-state index contributed by atoms with van der Waals surface area (Å²) < 4.78 is 0. The fourth-order valence-corrected chi connectivity index (χ4v) is 0.248. The van der Waals surface area contributed by atoms with E-state index < -0.39 is 0 Å². The molecule has 1 rings (SSSR count). The maximum Gasteiger partial charge on any atom is 2.00 e. The zero-order chi connectivity index (χ0) is 3.54. The number of nitrogens with zero attached hydrogens (tertiary/aromatic N) is 1. The van der Waals surface area contributed by atoms with Crippen LogP contribution in [0.25, 0.3) is 0 Å². The van der Waals surface area contributed by atoms with Gasteiger partial charge in [-0.25, -0.2) is 0 Å². The summed E-state index contributed by atoms with van der Waals surface area (Å²) in [6, 6.07) is 3.78. The van der Waals surface area contributed by atoms with Gasteiger partial charge in [0.15, 0.2) is 0 Å². The van der Waals surface area contributed by atoms with Gasteiger partial charge in [0.2, 0.25) is 0 Å². The Kier molecular flexibility index (Phi) is 8.44. The van der Waals surface area contributed by atoms with E-state index in [0.717, 1.165) is 0 Å². The average Bonchev–Trinajstić information content (AvgIpc) is 1.76. The molecule has 0 aliphatic rings. The van der Waals surface area contributed by atoms with E-state index in [2.05, 4.69) is 4.98 Å². The van der Waals surface area contributed by atoms with Crippen LogP contribution in [0.1, 0.15) is 0 Å². The largest absolute Gasteiger partial charge is 2.00 e. The second-order valence-electron chi connectivity index (χ2n) is 0.832. The number of rotatable bonds is 0. The predicted octanol–water partition coefficient (Wildman–Crippen LogP) is 1.09. The van der Waals surface area contributed by atoms with Crippen molar-refractivity contribution in [2.75, 3.05) is 0 Å². The van der Waals surface area contributed by atoms with Crippen LogP contribution >= 0.6 is 0 Å². The van der Waals surface area contributed by atoms with Gasteiger partial charge in [-0.1, -0.05) is 12.1 Å². The summed E-state index contributed by atoms with van der Waals surface area (Å²) in [5.41, 5.74) is 0. The summed E-state index contributed by atoms with van der Waals surface area (Å²) in [5.74, 6) is 0. The molecule has 1 heterocycles. The van der Waals surface area contributed by atoms with Crippen LogP contribution in [-0.4, -0.2) is 0 Å². The molecule has 2 heteroatoms. The zero-order valence-electron chi connectivity index (χ0n) is 4.11. The van der Waals surface area contributed by atoms with Crippen LogP contribution in [0, 0.1) is 7.43 Å². The van der Waals surface area contributed by atoms with Gasteiger partial charge in [0.05, 0.1) is 0 Å². The van der Waals surface area contributed by atoms with E-state index in [1.807, 2.05) is 12.1 Å². The maximum absolute atomic E-state index is 3.72. The van der Waals surface area contributed by atoms with Crippen LogP contribution in [0.15, 0.2) is 24.5 Å². The van der Waals surface area contributed by atoms with Gasteiger partial charge in [0.25, 0.3) is 0 Å². The molecule has 1 aromatic rings. The van der Waals surface area contributed by atoms with Crippen molar-refractivity contribution in [1.82, 2.24) is 4.98 Å². The maximum atomic E-state index is 3.72. The second-order valence-corrected chi connectivity index (χ2v) is 0.832. The van der Waals surface area contributed by atoms with Crippen LogP contribution in [0.5, 0.6) is 0 Å². The van der Waals surface area contributed by atoms with E-state index in [1.165, 1.54) is 0 Å². The SMILES string of the molecule is [CH3-].[Ru+2].c1cc[n-]c1. The average molecular weight is 182 g/mol. The minimum atomic E-state index is 0. The minimum absolute atomic E-state index is 0. The normalized spacial score (nSPS) is 5.71. The number of hydrogen-bond donors (Lipinski definition) is 0. The molecule has 0 fully saturated rings. The monoisotopic (exact) mass is 183 g/mol. The van der Waals surface area contributed by atoms with Crippen molar-refractivity contribution < 1.29 is 19.5 Å². The third kappa shape index (κ3) is 3.74. The van der Waals surface area contributed by atoms with E-state index in [1.54, 1.807) is 12.4 Å². The van der Waals surface area contributed by atoms with Crippen molar-refractivity contribution in [2.45, 2.75) is 0 Å². The van der Waals surface area contributed by atoms with Crippen molar-refractivity contribution in [2.24, 2.45) is 0 Å². The molecule has 0 aromatic carbocycles. The van der Waals surface area contributed by atoms with Crippen LogP contribution in [0.4, 0.5) is 0 Å². The summed E-state index contributed by atoms with van der Waals surface area (Å²) in [5, 5.41) is 0. The first-order valence-corrected chi connectivity index (χ1v) is 1.52. The minimum Gasteiger partial charge on any atom is -0.670 e. The first-order valence-electron chi connectivity index (χ1n) is 1.52. The predicted molar refractivity (Wildman–Crippen MR) is 26.2 cm³/mol. The van der Waals surface area contributed by atoms with Gasteiger partial charge in [-0.3, -0.25) is 0 Å². The zero-order valence-corrected chi connectivity index (χ0v) is 5.85. The fraction of sp³-hybridized carbons (Fsp3) is 0. The Morgan fingerprint density at radius 2 is 1.43 bits per heavy atom. The third-order valence-corrected chi connectivity index (χ3v) is 0.455. The summed E-state index contributed by atoms with van der Waals surface area (Å²) in [6.07, 6.45) is 3.50. The van der Waals surface area contributed by atoms with Gasteiger partial charge >= 0.3 is 19.5 Å². The smallest absolute Gasteiger partial charge is 0.670 e. The summed E-state index contributed by atoms with van der Waals surface area (Å²) in [7, 11) is 0. The van der Waals surface area contributed by atoms with Crippen molar-refractivity contribution in [3.8, 4) is 0 Å². The van der Waals surface area contributed by atoms with Crippen LogP contribution < -0.4 is 4.98 Å². The first-order chi connectivity index (χ1) is 2.50. The Morgan fingerprint density at radius 3 is 1.57 bits per heavy atom.